The summed E-state index contributed by atoms with van der Waals surface area (Å²) in [4.78, 5) is 4.33. The van der Waals surface area contributed by atoms with Gasteiger partial charge < -0.3 is 10.1 Å². The third-order valence-corrected chi connectivity index (χ3v) is 4.30. The SMILES string of the molecule is CCNC(CC1Cc2ccccc21)c1cccnc1OC. The fourth-order valence-electron chi connectivity index (χ4n) is 3.26. The number of aromatic nitrogens is 1. The highest BCUT2D eigenvalue weighted by molar-refractivity contribution is 5.40. The van der Waals surface area contributed by atoms with Crippen LogP contribution in [0.3, 0.4) is 0 Å². The van der Waals surface area contributed by atoms with E-state index in [9.17, 15) is 0 Å². The van der Waals surface area contributed by atoms with Crippen molar-refractivity contribution in [3.63, 3.8) is 0 Å². The molecule has 0 fully saturated rings. The molecule has 110 valence electrons. The van der Waals surface area contributed by atoms with E-state index in [1.165, 1.54) is 17.5 Å². The second-order valence-electron chi connectivity index (χ2n) is 5.55. The molecule has 0 spiro atoms. The van der Waals surface area contributed by atoms with Gasteiger partial charge in [0.15, 0.2) is 0 Å². The van der Waals surface area contributed by atoms with Gasteiger partial charge in [-0.1, -0.05) is 37.3 Å². The van der Waals surface area contributed by atoms with Crippen LogP contribution in [0.1, 0.15) is 42.0 Å². The van der Waals surface area contributed by atoms with Gasteiger partial charge in [0.2, 0.25) is 5.88 Å². The van der Waals surface area contributed by atoms with Crippen molar-refractivity contribution in [3.8, 4) is 5.88 Å². The first-order valence-corrected chi connectivity index (χ1v) is 7.63. The molecule has 1 aliphatic rings. The quantitative estimate of drug-likeness (QED) is 0.881. The predicted molar refractivity (Wildman–Crippen MR) is 84.7 cm³/mol. The smallest absolute Gasteiger partial charge is 0.217 e. The van der Waals surface area contributed by atoms with E-state index in [1.807, 2.05) is 6.07 Å². The third-order valence-electron chi connectivity index (χ3n) is 4.30. The third kappa shape index (κ3) is 2.79. The second-order valence-corrected chi connectivity index (χ2v) is 5.55. The summed E-state index contributed by atoms with van der Waals surface area (Å²) in [6.45, 7) is 3.08. The molecule has 3 heteroatoms. The first kappa shape index (κ1) is 14.1. The Hall–Kier alpha value is -1.87. The Bertz CT molecular complexity index is 612. The van der Waals surface area contributed by atoms with E-state index >= 15 is 0 Å². The van der Waals surface area contributed by atoms with Gasteiger partial charge in [-0.2, -0.15) is 0 Å². The topological polar surface area (TPSA) is 34.2 Å². The Morgan fingerprint density at radius 1 is 1.29 bits per heavy atom. The van der Waals surface area contributed by atoms with E-state index in [4.69, 9.17) is 4.74 Å². The van der Waals surface area contributed by atoms with Crippen molar-refractivity contribution in [1.29, 1.82) is 0 Å². The van der Waals surface area contributed by atoms with E-state index in [2.05, 4.69) is 47.6 Å². The summed E-state index contributed by atoms with van der Waals surface area (Å²) in [6.07, 6.45) is 4.05. The molecule has 0 radical (unpaired) electrons. The Morgan fingerprint density at radius 3 is 2.90 bits per heavy atom. The van der Waals surface area contributed by atoms with Crippen LogP contribution in [0.5, 0.6) is 5.88 Å². The van der Waals surface area contributed by atoms with Gasteiger partial charge >= 0.3 is 0 Å². The number of hydrogen-bond acceptors (Lipinski definition) is 3. The molecule has 1 aromatic carbocycles. The molecule has 0 saturated carbocycles. The fraction of sp³-hybridized carbons (Fsp3) is 0.389. The van der Waals surface area contributed by atoms with Crippen molar-refractivity contribution in [2.45, 2.75) is 31.7 Å². The molecule has 1 N–H and O–H groups in total. The summed E-state index contributed by atoms with van der Waals surface area (Å²) < 4.78 is 5.42. The minimum absolute atomic E-state index is 0.289. The van der Waals surface area contributed by atoms with Crippen molar-refractivity contribution in [3.05, 3.63) is 59.3 Å². The molecule has 0 aliphatic heterocycles. The number of fused-ring (bicyclic) bond motifs is 1. The number of nitrogens with zero attached hydrogens (tertiary/aromatic N) is 1. The average molecular weight is 282 g/mol. The zero-order valence-corrected chi connectivity index (χ0v) is 12.7. The van der Waals surface area contributed by atoms with Crippen LogP contribution in [0, 0.1) is 0 Å². The number of benzene rings is 1. The van der Waals surface area contributed by atoms with Gasteiger partial charge in [0.25, 0.3) is 0 Å². The molecule has 2 aromatic rings. The van der Waals surface area contributed by atoms with Crippen molar-refractivity contribution >= 4 is 0 Å². The number of nitrogens with one attached hydrogen (secondary N) is 1. The van der Waals surface area contributed by atoms with Crippen molar-refractivity contribution in [1.82, 2.24) is 10.3 Å². The lowest BCUT2D eigenvalue weighted by atomic mass is 9.74. The fourth-order valence-corrected chi connectivity index (χ4v) is 3.26. The minimum Gasteiger partial charge on any atom is -0.481 e. The van der Waals surface area contributed by atoms with E-state index in [1.54, 1.807) is 13.3 Å². The highest BCUT2D eigenvalue weighted by atomic mass is 16.5. The summed E-state index contributed by atoms with van der Waals surface area (Å²) in [5.74, 6) is 1.37. The van der Waals surface area contributed by atoms with Gasteiger partial charge in [0, 0.05) is 17.8 Å². The lowest BCUT2D eigenvalue weighted by Gasteiger charge is -2.33. The number of hydrogen-bond donors (Lipinski definition) is 1. The summed E-state index contributed by atoms with van der Waals surface area (Å²) in [5, 5.41) is 3.58. The molecule has 0 amide bonds. The molecule has 3 rings (SSSR count). The Morgan fingerprint density at radius 2 is 2.14 bits per heavy atom. The Kier molecular flexibility index (Phi) is 4.20. The standard InChI is InChI=1S/C18H22N2O/c1-3-19-17(16-9-6-10-20-18(16)21-2)12-14-11-13-7-4-5-8-15(13)14/h4-10,14,17,19H,3,11-12H2,1-2H3. The van der Waals surface area contributed by atoms with Crippen LogP contribution in [0.2, 0.25) is 0 Å². The summed E-state index contributed by atoms with van der Waals surface area (Å²) in [7, 11) is 1.69. The maximum atomic E-state index is 5.42. The second kappa shape index (κ2) is 6.27. The average Bonchev–Trinajstić information content (AvgIpc) is 2.51. The molecule has 21 heavy (non-hydrogen) atoms. The van der Waals surface area contributed by atoms with Gasteiger partial charge in [-0.05, 0) is 42.5 Å². The zero-order chi connectivity index (χ0) is 14.7. The number of ether oxygens (including phenoxy) is 1. The van der Waals surface area contributed by atoms with Crippen molar-refractivity contribution < 1.29 is 4.74 Å². The van der Waals surface area contributed by atoms with Crippen LogP contribution in [0.25, 0.3) is 0 Å². The van der Waals surface area contributed by atoms with E-state index in [-0.39, 0.29) is 6.04 Å². The van der Waals surface area contributed by atoms with Crippen LogP contribution in [0.4, 0.5) is 0 Å². The predicted octanol–water partition coefficient (Wildman–Crippen LogP) is 3.47. The molecule has 0 bridgehead atoms. The van der Waals surface area contributed by atoms with Crippen LogP contribution in [0.15, 0.2) is 42.6 Å². The van der Waals surface area contributed by atoms with Gasteiger partial charge in [-0.25, -0.2) is 4.98 Å². The van der Waals surface area contributed by atoms with Crippen molar-refractivity contribution in [2.24, 2.45) is 0 Å². The molecule has 3 nitrogen and oxygen atoms in total. The molecule has 1 aromatic heterocycles. The van der Waals surface area contributed by atoms with E-state index in [0.717, 1.165) is 24.4 Å². The van der Waals surface area contributed by atoms with Gasteiger partial charge in [0.1, 0.15) is 0 Å². The number of pyridine rings is 1. The summed E-state index contributed by atoms with van der Waals surface area (Å²) >= 11 is 0. The maximum Gasteiger partial charge on any atom is 0.217 e. The van der Waals surface area contributed by atoms with Gasteiger partial charge in [-0.3, -0.25) is 0 Å². The van der Waals surface area contributed by atoms with Gasteiger partial charge in [-0.15, -0.1) is 0 Å². The number of rotatable bonds is 6. The van der Waals surface area contributed by atoms with Crippen LogP contribution < -0.4 is 10.1 Å². The molecule has 2 unspecified atom stereocenters. The summed E-state index contributed by atoms with van der Waals surface area (Å²) in [5.41, 5.74) is 4.16. The monoisotopic (exact) mass is 282 g/mol. The normalized spacial score (nSPS) is 17.7. The first-order chi connectivity index (χ1) is 10.3. The molecule has 2 atom stereocenters. The molecule has 1 aliphatic carbocycles. The minimum atomic E-state index is 0.289. The Labute approximate surface area is 126 Å². The zero-order valence-electron chi connectivity index (χ0n) is 12.7. The van der Waals surface area contributed by atoms with Crippen LogP contribution in [-0.2, 0) is 6.42 Å². The molecule has 1 heterocycles. The van der Waals surface area contributed by atoms with Crippen LogP contribution >= 0.6 is 0 Å². The highest BCUT2D eigenvalue weighted by Crippen LogP contribution is 2.41. The number of methoxy groups -OCH3 is 1. The lowest BCUT2D eigenvalue weighted by Crippen LogP contribution is -2.27. The maximum absolute atomic E-state index is 5.42. The summed E-state index contributed by atoms with van der Waals surface area (Å²) in [6, 6.07) is 13.1. The largest absolute Gasteiger partial charge is 0.481 e. The van der Waals surface area contributed by atoms with E-state index < -0.39 is 0 Å². The van der Waals surface area contributed by atoms with Gasteiger partial charge in [0.05, 0.1) is 7.11 Å². The first-order valence-electron chi connectivity index (χ1n) is 7.63. The molecular weight excluding hydrogens is 260 g/mol. The molecular formula is C18H22N2O. The van der Waals surface area contributed by atoms with Crippen LogP contribution in [-0.4, -0.2) is 18.6 Å². The highest BCUT2D eigenvalue weighted by Gasteiger charge is 2.29. The van der Waals surface area contributed by atoms with E-state index in [0.29, 0.717) is 5.92 Å². The lowest BCUT2D eigenvalue weighted by molar-refractivity contribution is 0.370. The van der Waals surface area contributed by atoms with Crippen molar-refractivity contribution in [2.75, 3.05) is 13.7 Å². The Balaban J connectivity index is 1.80. The molecule has 0 saturated heterocycles.